The minimum Gasteiger partial charge on any atom is -0.345 e. The first-order valence-electron chi connectivity index (χ1n) is 12.2. The number of fused-ring (bicyclic) bond motifs is 1. The van der Waals surface area contributed by atoms with Gasteiger partial charge in [0.15, 0.2) is 0 Å². The second kappa shape index (κ2) is 10.1. The van der Waals surface area contributed by atoms with E-state index in [-0.39, 0.29) is 23.2 Å². The lowest BCUT2D eigenvalue weighted by atomic mass is 9.97. The van der Waals surface area contributed by atoms with Gasteiger partial charge in [0.05, 0.1) is 5.56 Å². The molecule has 4 aromatic rings. The van der Waals surface area contributed by atoms with Crippen molar-refractivity contribution in [1.82, 2.24) is 30.0 Å². The maximum absolute atomic E-state index is 13.9. The number of alkyl halides is 3. The Morgan fingerprint density at radius 2 is 1.86 bits per heavy atom. The molecule has 1 aliphatic rings. The van der Waals surface area contributed by atoms with E-state index in [1.807, 2.05) is 6.07 Å². The number of nitrogens with zero attached hydrogens (tertiary/aromatic N) is 6. The average Bonchev–Trinajstić information content (AvgIpc) is 3.51. The summed E-state index contributed by atoms with van der Waals surface area (Å²) in [6.45, 7) is 7.27. The third kappa shape index (κ3) is 5.43. The van der Waals surface area contributed by atoms with Crippen molar-refractivity contribution in [2.24, 2.45) is 5.92 Å². The molecule has 3 aromatic heterocycles. The van der Waals surface area contributed by atoms with Gasteiger partial charge in [-0.15, -0.1) is 0 Å². The minimum atomic E-state index is -4.70. The van der Waals surface area contributed by atoms with Crippen LogP contribution in [0.15, 0.2) is 41.3 Å². The van der Waals surface area contributed by atoms with E-state index >= 15 is 0 Å². The van der Waals surface area contributed by atoms with Crippen molar-refractivity contribution in [2.75, 3.05) is 24.5 Å². The monoisotopic (exact) mass is 517 g/mol. The van der Waals surface area contributed by atoms with Gasteiger partial charge in [0, 0.05) is 55.2 Å². The first-order valence-corrected chi connectivity index (χ1v) is 12.2. The van der Waals surface area contributed by atoms with E-state index in [1.165, 1.54) is 18.5 Å². The van der Waals surface area contributed by atoms with Crippen LogP contribution in [0.25, 0.3) is 22.3 Å². The van der Waals surface area contributed by atoms with Crippen molar-refractivity contribution in [2.45, 2.75) is 45.5 Å². The molecule has 0 bridgehead atoms. The Morgan fingerprint density at radius 1 is 1.14 bits per heavy atom. The molecule has 4 heterocycles. The van der Waals surface area contributed by atoms with Crippen LogP contribution in [0.2, 0.25) is 0 Å². The average molecular weight is 518 g/mol. The van der Waals surface area contributed by atoms with Crippen LogP contribution in [0, 0.1) is 11.7 Å². The minimum absolute atomic E-state index is 0.206. The maximum atomic E-state index is 13.9. The summed E-state index contributed by atoms with van der Waals surface area (Å²) in [4.78, 5) is 14.0. The van der Waals surface area contributed by atoms with Gasteiger partial charge in [0.25, 0.3) is 0 Å². The highest BCUT2D eigenvalue weighted by molar-refractivity contribution is 5.84. The summed E-state index contributed by atoms with van der Waals surface area (Å²) in [6.07, 6.45) is 2.09. The van der Waals surface area contributed by atoms with Crippen molar-refractivity contribution in [3.05, 3.63) is 54.1 Å². The van der Waals surface area contributed by atoms with Gasteiger partial charge in [-0.05, 0) is 62.9 Å². The molecule has 0 aliphatic carbocycles. The molecular formula is C25H27F4N7O. The van der Waals surface area contributed by atoms with Gasteiger partial charge in [-0.25, -0.2) is 14.4 Å². The number of rotatable bonds is 7. The summed E-state index contributed by atoms with van der Waals surface area (Å²) in [5.74, 6) is -0.853. The van der Waals surface area contributed by atoms with Crippen molar-refractivity contribution in [3.63, 3.8) is 0 Å². The molecule has 1 aliphatic heterocycles. The predicted octanol–water partition coefficient (Wildman–Crippen LogP) is 5.23. The molecule has 0 radical (unpaired) electrons. The molecule has 1 saturated heterocycles. The third-order valence-electron chi connectivity index (χ3n) is 6.64. The van der Waals surface area contributed by atoms with E-state index in [0.717, 1.165) is 48.9 Å². The summed E-state index contributed by atoms with van der Waals surface area (Å²) < 4.78 is 58.3. The van der Waals surface area contributed by atoms with E-state index < -0.39 is 12.1 Å². The quantitative estimate of drug-likeness (QED) is 0.336. The van der Waals surface area contributed by atoms with E-state index in [9.17, 15) is 17.6 Å². The van der Waals surface area contributed by atoms with Crippen LogP contribution < -0.4 is 10.2 Å². The molecule has 0 saturated carbocycles. The smallest absolute Gasteiger partial charge is 0.345 e. The second-order valence-corrected chi connectivity index (χ2v) is 9.57. The third-order valence-corrected chi connectivity index (χ3v) is 6.64. The lowest BCUT2D eigenvalue weighted by Crippen LogP contribution is -2.38. The van der Waals surface area contributed by atoms with Crippen molar-refractivity contribution < 1.29 is 22.1 Å². The number of piperidine rings is 1. The van der Waals surface area contributed by atoms with Crippen LogP contribution in [-0.4, -0.2) is 44.3 Å². The number of aromatic nitrogens is 5. The maximum Gasteiger partial charge on any atom is 0.471 e. The highest BCUT2D eigenvalue weighted by Gasteiger charge is 2.38. The topological polar surface area (TPSA) is 84.9 Å². The van der Waals surface area contributed by atoms with Gasteiger partial charge in [-0.1, -0.05) is 5.16 Å². The molecular weight excluding hydrogens is 490 g/mol. The van der Waals surface area contributed by atoms with Gasteiger partial charge in [0.2, 0.25) is 11.8 Å². The molecule has 196 valence electrons. The highest BCUT2D eigenvalue weighted by atomic mass is 19.4. The van der Waals surface area contributed by atoms with Crippen LogP contribution in [0.1, 0.15) is 44.2 Å². The zero-order valence-corrected chi connectivity index (χ0v) is 20.5. The number of anilines is 1. The second-order valence-electron chi connectivity index (χ2n) is 9.57. The van der Waals surface area contributed by atoms with Crippen molar-refractivity contribution in [1.29, 1.82) is 0 Å². The summed E-state index contributed by atoms with van der Waals surface area (Å²) >= 11 is 0. The van der Waals surface area contributed by atoms with Gasteiger partial charge in [-0.2, -0.15) is 18.2 Å². The fourth-order valence-corrected chi connectivity index (χ4v) is 4.67. The lowest BCUT2D eigenvalue weighted by Gasteiger charge is -2.32. The van der Waals surface area contributed by atoms with E-state index in [2.05, 4.69) is 59.5 Å². The molecule has 1 aromatic carbocycles. The molecule has 5 rings (SSSR count). The Bertz CT molecular complexity index is 1360. The Morgan fingerprint density at radius 3 is 2.51 bits per heavy atom. The molecule has 37 heavy (non-hydrogen) atoms. The van der Waals surface area contributed by atoms with Crippen molar-refractivity contribution >= 4 is 16.9 Å². The SMILES string of the molecule is CC(C)n1cc(CNCC2CCN(c3ncc(-c4noc(C(F)(F)F)n4)cn3)CC2)c2cc(F)ccc21. The molecule has 0 amide bonds. The normalized spacial score (nSPS) is 15.3. The number of hydrogen-bond acceptors (Lipinski definition) is 7. The molecule has 0 unspecified atom stereocenters. The standard InChI is InChI=1S/C25H27F4N7O/c1-15(2)36-14-18(20-9-19(26)3-4-21(20)36)11-30-10-16-5-7-35(8-6-16)24-31-12-17(13-32-24)22-33-23(37-34-22)25(27,28)29/h3-4,9,12-16,30H,5-8,10-11H2,1-2H3. The van der Waals surface area contributed by atoms with Gasteiger partial charge >= 0.3 is 12.1 Å². The Hall–Kier alpha value is -3.54. The van der Waals surface area contributed by atoms with Crippen molar-refractivity contribution in [3.8, 4) is 11.4 Å². The molecule has 0 atom stereocenters. The lowest BCUT2D eigenvalue weighted by molar-refractivity contribution is -0.159. The molecule has 0 spiro atoms. The first kappa shape index (κ1) is 25.1. The Labute approximate surface area is 210 Å². The molecule has 12 heteroatoms. The number of nitrogens with one attached hydrogen (secondary N) is 1. The fourth-order valence-electron chi connectivity index (χ4n) is 4.67. The number of halogens is 4. The Kier molecular flexibility index (Phi) is 6.84. The van der Waals surface area contributed by atoms with Crippen LogP contribution >= 0.6 is 0 Å². The predicted molar refractivity (Wildman–Crippen MR) is 129 cm³/mol. The Balaban J connectivity index is 1.14. The van der Waals surface area contributed by atoms with Crippen LogP contribution in [0.3, 0.4) is 0 Å². The van der Waals surface area contributed by atoms with Gasteiger partial charge in [-0.3, -0.25) is 0 Å². The van der Waals surface area contributed by atoms with Gasteiger partial charge < -0.3 is 19.3 Å². The zero-order valence-electron chi connectivity index (χ0n) is 20.5. The van der Waals surface area contributed by atoms with Crippen LogP contribution in [0.4, 0.5) is 23.5 Å². The number of hydrogen-bond donors (Lipinski definition) is 1. The first-order chi connectivity index (χ1) is 17.7. The van der Waals surface area contributed by atoms with E-state index in [1.54, 1.807) is 6.07 Å². The van der Waals surface area contributed by atoms with E-state index in [0.29, 0.717) is 18.4 Å². The summed E-state index contributed by atoms with van der Waals surface area (Å²) in [6, 6.07) is 5.22. The van der Waals surface area contributed by atoms with Crippen LogP contribution in [-0.2, 0) is 12.7 Å². The largest absolute Gasteiger partial charge is 0.471 e. The molecule has 1 N–H and O–H groups in total. The molecule has 8 nitrogen and oxygen atoms in total. The summed E-state index contributed by atoms with van der Waals surface area (Å²) in [5.41, 5.74) is 2.37. The fraction of sp³-hybridized carbons (Fsp3) is 0.440. The van der Waals surface area contributed by atoms with E-state index in [4.69, 9.17) is 0 Å². The molecule has 1 fully saturated rings. The highest BCUT2D eigenvalue weighted by Crippen LogP contribution is 2.30. The zero-order chi connectivity index (χ0) is 26.2. The van der Waals surface area contributed by atoms with Gasteiger partial charge in [0.1, 0.15) is 5.82 Å². The number of benzene rings is 1. The van der Waals surface area contributed by atoms with Crippen LogP contribution in [0.5, 0.6) is 0 Å². The summed E-state index contributed by atoms with van der Waals surface area (Å²) in [5, 5.41) is 7.84. The summed E-state index contributed by atoms with van der Waals surface area (Å²) in [7, 11) is 0.